The molecule has 0 radical (unpaired) electrons. The number of ether oxygens (including phenoxy) is 3. The van der Waals surface area contributed by atoms with E-state index < -0.39 is 6.10 Å². The molecule has 0 rings (SSSR count). The van der Waals surface area contributed by atoms with Crippen molar-refractivity contribution in [1.82, 2.24) is 0 Å². The van der Waals surface area contributed by atoms with Gasteiger partial charge in [0.1, 0.15) is 13.2 Å². The Morgan fingerprint density at radius 3 is 1.11 bits per heavy atom. The number of carbonyl (C=O) groups is 3. The van der Waals surface area contributed by atoms with Gasteiger partial charge in [0.25, 0.3) is 0 Å². The average molecular weight is 863 g/mol. The fourth-order valence-corrected chi connectivity index (χ4v) is 6.81. The minimum atomic E-state index is -0.807. The first kappa shape index (κ1) is 58.6. The van der Waals surface area contributed by atoms with Gasteiger partial charge in [0.15, 0.2) is 6.10 Å². The molecule has 6 heteroatoms. The van der Waals surface area contributed by atoms with Crippen LogP contribution in [0, 0.1) is 0 Å². The highest BCUT2D eigenvalue weighted by Crippen LogP contribution is 2.14. The Labute approximate surface area is 382 Å². The minimum absolute atomic E-state index is 0.103. The summed E-state index contributed by atoms with van der Waals surface area (Å²) in [7, 11) is 0. The lowest BCUT2D eigenvalue weighted by Gasteiger charge is -2.18. The lowest BCUT2D eigenvalue weighted by atomic mass is 10.0. The number of allylic oxidation sites excluding steroid dienone is 14. The van der Waals surface area contributed by atoms with Crippen LogP contribution in [0.5, 0.6) is 0 Å². The predicted molar refractivity (Wildman–Crippen MR) is 265 cm³/mol. The molecule has 0 saturated carbocycles. The zero-order chi connectivity index (χ0) is 45.1. The largest absolute Gasteiger partial charge is 0.462 e. The fraction of sp³-hybridized carbons (Fsp3) is 0.696. The van der Waals surface area contributed by atoms with Gasteiger partial charge in [-0.05, 0) is 83.5 Å². The highest BCUT2D eigenvalue weighted by molar-refractivity contribution is 5.71. The fourth-order valence-electron chi connectivity index (χ4n) is 6.81. The van der Waals surface area contributed by atoms with E-state index in [4.69, 9.17) is 14.2 Å². The molecule has 1 unspecified atom stereocenters. The SMILES string of the molecule is CC/C=C\C/C=C\C/C=C\C/C=C\C/C=C\C/C=C\CCC(=O)OCC(COC(=O)CCCCCCC/C=C\CCCCC)OC(=O)CCCCCCCCCCCCCCC. The van der Waals surface area contributed by atoms with Crippen LogP contribution < -0.4 is 0 Å². The molecule has 354 valence electrons. The second-order valence-corrected chi connectivity index (χ2v) is 16.7. The molecular weight excluding hydrogens is 769 g/mol. The van der Waals surface area contributed by atoms with Crippen molar-refractivity contribution in [2.75, 3.05) is 13.2 Å². The van der Waals surface area contributed by atoms with Gasteiger partial charge in [-0.2, -0.15) is 0 Å². The molecule has 0 aromatic heterocycles. The number of unbranched alkanes of at least 4 members (excludes halogenated alkanes) is 20. The van der Waals surface area contributed by atoms with Crippen molar-refractivity contribution in [3.63, 3.8) is 0 Å². The summed E-state index contributed by atoms with van der Waals surface area (Å²) in [5, 5.41) is 0. The maximum atomic E-state index is 12.8. The molecule has 62 heavy (non-hydrogen) atoms. The molecule has 0 bridgehead atoms. The van der Waals surface area contributed by atoms with Crippen LogP contribution in [0.1, 0.15) is 233 Å². The lowest BCUT2D eigenvalue weighted by Crippen LogP contribution is -2.30. The van der Waals surface area contributed by atoms with Crippen molar-refractivity contribution in [2.24, 2.45) is 0 Å². The smallest absolute Gasteiger partial charge is 0.306 e. The zero-order valence-electron chi connectivity index (χ0n) is 40.4. The van der Waals surface area contributed by atoms with Crippen LogP contribution in [0.3, 0.4) is 0 Å². The Bertz CT molecular complexity index is 1220. The van der Waals surface area contributed by atoms with Crippen molar-refractivity contribution in [2.45, 2.75) is 239 Å². The summed E-state index contributed by atoms with van der Waals surface area (Å²) in [4.78, 5) is 37.9. The molecule has 0 heterocycles. The van der Waals surface area contributed by atoms with Gasteiger partial charge in [0.05, 0.1) is 0 Å². The summed E-state index contributed by atoms with van der Waals surface area (Å²) < 4.78 is 16.7. The zero-order valence-corrected chi connectivity index (χ0v) is 40.4. The van der Waals surface area contributed by atoms with E-state index in [2.05, 4.69) is 99.8 Å². The maximum Gasteiger partial charge on any atom is 0.306 e. The summed E-state index contributed by atoms with van der Waals surface area (Å²) >= 11 is 0. The highest BCUT2D eigenvalue weighted by Gasteiger charge is 2.19. The third-order valence-electron chi connectivity index (χ3n) is 10.6. The third-order valence-corrected chi connectivity index (χ3v) is 10.6. The summed E-state index contributed by atoms with van der Waals surface area (Å²) in [6.45, 7) is 6.42. The average Bonchev–Trinajstić information content (AvgIpc) is 3.27. The van der Waals surface area contributed by atoms with E-state index in [1.165, 1.54) is 96.3 Å². The molecule has 0 aliphatic carbocycles. The van der Waals surface area contributed by atoms with Crippen LogP contribution >= 0.6 is 0 Å². The van der Waals surface area contributed by atoms with E-state index in [1.54, 1.807) is 0 Å². The van der Waals surface area contributed by atoms with Gasteiger partial charge in [-0.25, -0.2) is 0 Å². The predicted octanol–water partition coefficient (Wildman–Crippen LogP) is 16.8. The lowest BCUT2D eigenvalue weighted by molar-refractivity contribution is -0.166. The first-order valence-corrected chi connectivity index (χ1v) is 25.6. The second-order valence-electron chi connectivity index (χ2n) is 16.7. The molecule has 0 aromatic carbocycles. The molecule has 0 N–H and O–H groups in total. The second kappa shape index (κ2) is 50.2. The van der Waals surface area contributed by atoms with Gasteiger partial charge >= 0.3 is 17.9 Å². The highest BCUT2D eigenvalue weighted by atomic mass is 16.6. The van der Waals surface area contributed by atoms with Gasteiger partial charge in [-0.15, -0.1) is 0 Å². The molecule has 0 fully saturated rings. The van der Waals surface area contributed by atoms with Crippen LogP contribution in [0.25, 0.3) is 0 Å². The molecule has 0 aromatic rings. The van der Waals surface area contributed by atoms with Crippen molar-refractivity contribution >= 4 is 17.9 Å². The summed E-state index contributed by atoms with van der Waals surface area (Å²) in [5.74, 6) is -0.999. The van der Waals surface area contributed by atoms with E-state index in [-0.39, 0.29) is 37.5 Å². The number of rotatable bonds is 45. The Morgan fingerprint density at radius 2 is 0.661 bits per heavy atom. The number of carbonyl (C=O) groups excluding carboxylic acids is 3. The summed E-state index contributed by atoms with van der Waals surface area (Å²) in [6.07, 6.45) is 64.3. The molecule has 0 aliphatic rings. The first-order valence-electron chi connectivity index (χ1n) is 25.6. The Hall–Kier alpha value is -3.41. The molecule has 0 saturated heterocycles. The summed E-state index contributed by atoms with van der Waals surface area (Å²) in [6, 6.07) is 0. The normalized spacial score (nSPS) is 12.8. The first-order chi connectivity index (χ1) is 30.5. The monoisotopic (exact) mass is 863 g/mol. The number of esters is 3. The molecule has 0 spiro atoms. The van der Waals surface area contributed by atoms with Crippen LogP contribution in [0.2, 0.25) is 0 Å². The number of hydrogen-bond acceptors (Lipinski definition) is 6. The quantitative estimate of drug-likeness (QED) is 0.0263. The van der Waals surface area contributed by atoms with Crippen molar-refractivity contribution in [3.8, 4) is 0 Å². The van der Waals surface area contributed by atoms with Crippen molar-refractivity contribution in [1.29, 1.82) is 0 Å². The molecule has 6 nitrogen and oxygen atoms in total. The van der Waals surface area contributed by atoms with Crippen LogP contribution in [-0.2, 0) is 28.6 Å². The van der Waals surface area contributed by atoms with Gasteiger partial charge in [0.2, 0.25) is 0 Å². The maximum absolute atomic E-state index is 12.8. The van der Waals surface area contributed by atoms with E-state index in [0.29, 0.717) is 19.3 Å². The van der Waals surface area contributed by atoms with Crippen LogP contribution in [-0.4, -0.2) is 37.2 Å². The Morgan fingerprint density at radius 1 is 0.339 bits per heavy atom. The van der Waals surface area contributed by atoms with Gasteiger partial charge in [-0.1, -0.05) is 215 Å². The van der Waals surface area contributed by atoms with Gasteiger partial charge in [0, 0.05) is 19.3 Å². The van der Waals surface area contributed by atoms with E-state index in [0.717, 1.165) is 89.9 Å². The van der Waals surface area contributed by atoms with Crippen molar-refractivity contribution in [3.05, 3.63) is 85.1 Å². The minimum Gasteiger partial charge on any atom is -0.462 e. The van der Waals surface area contributed by atoms with E-state index in [1.807, 2.05) is 6.08 Å². The van der Waals surface area contributed by atoms with E-state index in [9.17, 15) is 14.4 Å². The van der Waals surface area contributed by atoms with Gasteiger partial charge in [-0.3, -0.25) is 14.4 Å². The molecule has 0 amide bonds. The molecular formula is C56H94O6. The standard InChI is InChI=1S/C56H94O6/c1-4-7-10-13-16-19-22-25-26-27-28-29-30-32-34-37-40-43-46-49-55(58)61-52-53(51-60-54(57)48-45-42-39-36-33-24-21-18-15-12-9-6-3)62-56(59)50-47-44-41-38-35-31-23-20-17-14-11-8-5-2/h7,10,16,18-19,21,25-26,28-29,32,34,40,43,53H,4-6,8-9,11-15,17,20,22-24,27,30-31,33,35-39,41-42,44-52H2,1-3H3/b10-7-,19-16-,21-18-,26-25-,29-28-,34-32-,43-40-. The molecule has 1 atom stereocenters. The van der Waals surface area contributed by atoms with E-state index >= 15 is 0 Å². The third kappa shape index (κ3) is 47.6. The molecule has 0 aliphatic heterocycles. The van der Waals surface area contributed by atoms with Gasteiger partial charge < -0.3 is 14.2 Å². The number of hydrogen-bond donors (Lipinski definition) is 0. The van der Waals surface area contributed by atoms with Crippen LogP contribution in [0.15, 0.2) is 85.1 Å². The Balaban J connectivity index is 4.49. The van der Waals surface area contributed by atoms with Crippen molar-refractivity contribution < 1.29 is 28.6 Å². The summed E-state index contributed by atoms with van der Waals surface area (Å²) in [5.41, 5.74) is 0. The topological polar surface area (TPSA) is 78.9 Å². The Kier molecular flexibility index (Phi) is 47.5. The van der Waals surface area contributed by atoms with Crippen LogP contribution in [0.4, 0.5) is 0 Å².